The summed E-state index contributed by atoms with van der Waals surface area (Å²) in [4.78, 5) is 2.46. The van der Waals surface area contributed by atoms with Crippen molar-refractivity contribution in [1.82, 2.24) is 0 Å². The molecule has 23 heavy (non-hydrogen) atoms. The Balaban J connectivity index is 1.59. The molecule has 2 aromatic carbocycles. The molecule has 1 saturated heterocycles. The highest BCUT2D eigenvalue weighted by molar-refractivity contribution is 7.80. The summed E-state index contributed by atoms with van der Waals surface area (Å²) in [5.41, 5.74) is 4.52. The fourth-order valence-corrected chi connectivity index (χ4v) is 3.13. The quantitative estimate of drug-likeness (QED) is 0.793. The molecule has 0 aromatic heterocycles. The second-order valence-corrected chi connectivity index (χ2v) is 6.40. The van der Waals surface area contributed by atoms with Crippen molar-refractivity contribution < 1.29 is 0 Å². The zero-order chi connectivity index (χ0) is 16.1. The van der Waals surface area contributed by atoms with Gasteiger partial charge in [-0.05, 0) is 74.3 Å². The Kier molecular flexibility index (Phi) is 5.13. The van der Waals surface area contributed by atoms with Gasteiger partial charge in [0.25, 0.3) is 0 Å². The maximum Gasteiger partial charge on any atom is 0.175 e. The summed E-state index contributed by atoms with van der Waals surface area (Å²) >= 11 is 5.40. The molecule has 3 rings (SSSR count). The Morgan fingerprint density at radius 1 is 0.913 bits per heavy atom. The van der Waals surface area contributed by atoms with Crippen LogP contribution < -0.4 is 15.5 Å². The highest BCUT2D eigenvalue weighted by atomic mass is 32.1. The number of hydrogen-bond donors (Lipinski definition) is 2. The zero-order valence-electron chi connectivity index (χ0n) is 13.5. The maximum atomic E-state index is 5.40. The first-order chi connectivity index (χ1) is 11.2. The van der Waals surface area contributed by atoms with Gasteiger partial charge in [0, 0.05) is 30.2 Å². The number of thiocarbonyl (C=S) groups is 1. The van der Waals surface area contributed by atoms with E-state index in [9.17, 15) is 0 Å². The van der Waals surface area contributed by atoms with E-state index in [4.69, 9.17) is 12.2 Å². The fraction of sp³-hybridized carbons (Fsp3) is 0.316. The highest BCUT2D eigenvalue weighted by Gasteiger charge is 2.10. The van der Waals surface area contributed by atoms with Gasteiger partial charge in [-0.15, -0.1) is 0 Å². The van der Waals surface area contributed by atoms with E-state index in [1.807, 2.05) is 18.2 Å². The van der Waals surface area contributed by atoms with Crippen molar-refractivity contribution in [1.29, 1.82) is 0 Å². The van der Waals surface area contributed by atoms with Crippen molar-refractivity contribution in [3.8, 4) is 0 Å². The van der Waals surface area contributed by atoms with Crippen LogP contribution in [0, 0.1) is 6.92 Å². The molecule has 0 saturated carbocycles. The minimum Gasteiger partial charge on any atom is -0.372 e. The van der Waals surface area contributed by atoms with Crippen molar-refractivity contribution in [2.75, 3.05) is 28.6 Å². The Hall–Kier alpha value is -2.07. The summed E-state index contributed by atoms with van der Waals surface area (Å²) in [6.45, 7) is 4.40. The van der Waals surface area contributed by atoms with Gasteiger partial charge in [0.2, 0.25) is 0 Å². The fourth-order valence-electron chi connectivity index (χ4n) is 2.91. The summed E-state index contributed by atoms with van der Waals surface area (Å²) in [5, 5.41) is 7.11. The normalized spacial score (nSPS) is 14.4. The standard InChI is InChI=1S/C19H23N3S/c1-15-7-3-4-8-18(15)21-19(23)20-16-9-11-17(12-10-16)22-13-5-2-6-14-22/h3-4,7-12H,2,5-6,13-14H2,1H3,(H2,20,21,23). The number of nitrogens with one attached hydrogen (secondary N) is 2. The minimum absolute atomic E-state index is 0.616. The van der Waals surface area contributed by atoms with E-state index in [0.29, 0.717) is 5.11 Å². The van der Waals surface area contributed by atoms with Gasteiger partial charge in [-0.1, -0.05) is 18.2 Å². The van der Waals surface area contributed by atoms with E-state index >= 15 is 0 Å². The van der Waals surface area contributed by atoms with Crippen LogP contribution in [-0.2, 0) is 0 Å². The lowest BCUT2D eigenvalue weighted by atomic mass is 10.1. The average Bonchev–Trinajstić information content (AvgIpc) is 2.58. The number of benzene rings is 2. The third-order valence-corrected chi connectivity index (χ3v) is 4.44. The van der Waals surface area contributed by atoms with Crippen molar-refractivity contribution in [2.24, 2.45) is 0 Å². The lowest BCUT2D eigenvalue weighted by Crippen LogP contribution is -2.29. The molecule has 0 radical (unpaired) electrons. The number of nitrogens with zero attached hydrogens (tertiary/aromatic N) is 1. The molecular formula is C19H23N3S. The van der Waals surface area contributed by atoms with Crippen LogP contribution in [0.1, 0.15) is 24.8 Å². The molecule has 3 nitrogen and oxygen atoms in total. The summed E-state index contributed by atoms with van der Waals surface area (Å²) in [5.74, 6) is 0. The number of piperidine rings is 1. The van der Waals surface area contributed by atoms with E-state index in [1.54, 1.807) is 0 Å². The summed E-state index contributed by atoms with van der Waals surface area (Å²) in [7, 11) is 0. The van der Waals surface area contributed by atoms with Crippen LogP contribution in [0.5, 0.6) is 0 Å². The molecule has 0 spiro atoms. The summed E-state index contributed by atoms with van der Waals surface area (Å²) in [6, 6.07) is 16.7. The topological polar surface area (TPSA) is 27.3 Å². The van der Waals surface area contributed by atoms with Crippen molar-refractivity contribution in [3.05, 3.63) is 54.1 Å². The molecule has 2 N–H and O–H groups in total. The van der Waals surface area contributed by atoms with Crippen molar-refractivity contribution in [3.63, 3.8) is 0 Å². The highest BCUT2D eigenvalue weighted by Crippen LogP contribution is 2.22. The Morgan fingerprint density at radius 3 is 2.30 bits per heavy atom. The van der Waals surface area contributed by atoms with Crippen LogP contribution >= 0.6 is 12.2 Å². The summed E-state index contributed by atoms with van der Waals surface area (Å²) < 4.78 is 0. The number of anilines is 3. The van der Waals surface area contributed by atoms with E-state index in [-0.39, 0.29) is 0 Å². The van der Waals surface area contributed by atoms with Gasteiger partial charge in [-0.2, -0.15) is 0 Å². The molecule has 2 aromatic rings. The van der Waals surface area contributed by atoms with E-state index in [0.717, 1.165) is 11.4 Å². The van der Waals surface area contributed by atoms with Crippen LogP contribution in [0.4, 0.5) is 17.1 Å². The lowest BCUT2D eigenvalue weighted by Gasteiger charge is -2.28. The van der Waals surface area contributed by atoms with Crippen LogP contribution in [0.2, 0.25) is 0 Å². The largest absolute Gasteiger partial charge is 0.372 e. The molecule has 0 bridgehead atoms. The molecule has 0 unspecified atom stereocenters. The smallest absolute Gasteiger partial charge is 0.175 e. The summed E-state index contributed by atoms with van der Waals surface area (Å²) in [6.07, 6.45) is 3.95. The molecule has 120 valence electrons. The predicted octanol–water partition coefficient (Wildman–Crippen LogP) is 4.79. The van der Waals surface area contributed by atoms with Crippen LogP contribution in [0.15, 0.2) is 48.5 Å². The average molecular weight is 325 g/mol. The monoisotopic (exact) mass is 325 g/mol. The Labute approximate surface area is 143 Å². The van der Waals surface area contributed by atoms with Gasteiger partial charge < -0.3 is 15.5 Å². The molecule has 1 aliphatic heterocycles. The van der Waals surface area contributed by atoms with E-state index < -0.39 is 0 Å². The first-order valence-electron chi connectivity index (χ1n) is 8.21. The molecule has 0 aliphatic carbocycles. The zero-order valence-corrected chi connectivity index (χ0v) is 14.3. The van der Waals surface area contributed by atoms with E-state index in [2.05, 4.69) is 52.8 Å². The maximum absolute atomic E-state index is 5.40. The molecule has 1 aliphatic rings. The van der Waals surface area contributed by atoms with Crippen LogP contribution in [-0.4, -0.2) is 18.2 Å². The molecule has 0 atom stereocenters. The molecule has 1 heterocycles. The molecule has 4 heteroatoms. The number of para-hydroxylation sites is 1. The molecular weight excluding hydrogens is 302 g/mol. The second-order valence-electron chi connectivity index (χ2n) is 5.99. The molecule has 0 amide bonds. The van der Waals surface area contributed by atoms with Crippen molar-refractivity contribution >= 4 is 34.4 Å². The van der Waals surface area contributed by atoms with Crippen molar-refractivity contribution in [2.45, 2.75) is 26.2 Å². The molecule has 1 fully saturated rings. The second kappa shape index (κ2) is 7.47. The lowest BCUT2D eigenvalue weighted by molar-refractivity contribution is 0.578. The van der Waals surface area contributed by atoms with Crippen LogP contribution in [0.3, 0.4) is 0 Å². The number of hydrogen-bond acceptors (Lipinski definition) is 2. The SMILES string of the molecule is Cc1ccccc1NC(=S)Nc1ccc(N2CCCCC2)cc1. The van der Waals surface area contributed by atoms with Gasteiger partial charge >= 0.3 is 0 Å². The van der Waals surface area contributed by atoms with Gasteiger partial charge in [0.15, 0.2) is 5.11 Å². The Morgan fingerprint density at radius 2 is 1.61 bits per heavy atom. The van der Waals surface area contributed by atoms with Gasteiger partial charge in [0.1, 0.15) is 0 Å². The predicted molar refractivity (Wildman–Crippen MR) is 104 cm³/mol. The number of aryl methyl sites for hydroxylation is 1. The first kappa shape index (κ1) is 15.8. The van der Waals surface area contributed by atoms with Crippen LogP contribution in [0.25, 0.3) is 0 Å². The first-order valence-corrected chi connectivity index (χ1v) is 8.62. The van der Waals surface area contributed by atoms with Gasteiger partial charge in [0.05, 0.1) is 0 Å². The number of rotatable bonds is 3. The van der Waals surface area contributed by atoms with E-state index in [1.165, 1.54) is 43.6 Å². The Bertz CT molecular complexity index is 661. The third kappa shape index (κ3) is 4.23. The third-order valence-electron chi connectivity index (χ3n) is 4.24. The van der Waals surface area contributed by atoms with Gasteiger partial charge in [-0.25, -0.2) is 0 Å². The minimum atomic E-state index is 0.616. The van der Waals surface area contributed by atoms with Gasteiger partial charge in [-0.3, -0.25) is 0 Å².